The molecule has 1 aromatic rings. The number of nitrogens with zero attached hydrogens (tertiary/aromatic N) is 4. The number of para-hydroxylation sites is 1. The number of thioether (sulfide) groups is 1. The van der Waals surface area contributed by atoms with E-state index in [9.17, 15) is 0 Å². The second-order valence-electron chi connectivity index (χ2n) is 3.94. The number of benzene rings is 1. The van der Waals surface area contributed by atoms with Gasteiger partial charge in [0.15, 0.2) is 5.57 Å². The molecule has 1 aromatic carbocycles. The van der Waals surface area contributed by atoms with Crippen molar-refractivity contribution >= 4 is 17.4 Å². The van der Waals surface area contributed by atoms with Gasteiger partial charge in [-0.25, -0.2) is 0 Å². The van der Waals surface area contributed by atoms with Crippen LogP contribution in [0.5, 0.6) is 0 Å². The number of allylic oxidation sites excluding steroid dienone is 1. The molecule has 0 bridgehead atoms. The molecule has 0 N–H and O–H groups in total. The van der Waals surface area contributed by atoms with Crippen LogP contribution in [0.25, 0.3) is 0 Å². The van der Waals surface area contributed by atoms with Crippen LogP contribution in [0, 0.1) is 34.0 Å². The van der Waals surface area contributed by atoms with Crippen LogP contribution >= 0.6 is 11.8 Å². The largest absolute Gasteiger partial charge is 0.330 e. The van der Waals surface area contributed by atoms with Gasteiger partial charge in [0.1, 0.15) is 17.2 Å². The molecule has 2 rings (SSSR count). The van der Waals surface area contributed by atoms with Crippen molar-refractivity contribution < 1.29 is 0 Å². The predicted octanol–water partition coefficient (Wildman–Crippen LogP) is 2.78. The van der Waals surface area contributed by atoms with Gasteiger partial charge in [-0.15, -0.1) is 11.8 Å². The van der Waals surface area contributed by atoms with E-state index in [4.69, 9.17) is 15.8 Å². The molecule has 0 saturated carbocycles. The molecular formula is C14H10N4S. The molecule has 1 aliphatic heterocycles. The summed E-state index contributed by atoms with van der Waals surface area (Å²) in [4.78, 5) is 1.93. The number of anilines is 1. The molecule has 92 valence electrons. The zero-order valence-corrected chi connectivity index (χ0v) is 10.9. The molecule has 1 heterocycles. The summed E-state index contributed by atoms with van der Waals surface area (Å²) in [5.41, 5.74) is 1.01. The van der Waals surface area contributed by atoms with Gasteiger partial charge < -0.3 is 4.90 Å². The maximum Gasteiger partial charge on any atom is 0.159 e. The summed E-state index contributed by atoms with van der Waals surface area (Å²) in [6.07, 6.45) is 0.371. The third-order valence-corrected chi connectivity index (χ3v) is 4.02. The van der Waals surface area contributed by atoms with Crippen LogP contribution in [0.4, 0.5) is 5.69 Å². The standard InChI is InChI=1S/C14H10N4S/c15-7-6-13-10-19-14(11(8-16)9-17)18(13)12-4-2-1-3-5-12/h1-5,13H,6,10H2. The summed E-state index contributed by atoms with van der Waals surface area (Å²) in [7, 11) is 0. The Morgan fingerprint density at radius 2 is 1.89 bits per heavy atom. The summed E-state index contributed by atoms with van der Waals surface area (Å²) in [5, 5.41) is 27.6. The average Bonchev–Trinajstić information content (AvgIpc) is 2.85. The van der Waals surface area contributed by atoms with E-state index in [0.29, 0.717) is 17.2 Å². The van der Waals surface area contributed by atoms with Crippen molar-refractivity contribution in [2.75, 3.05) is 10.7 Å². The van der Waals surface area contributed by atoms with E-state index in [1.54, 1.807) is 0 Å². The van der Waals surface area contributed by atoms with Gasteiger partial charge in [0.05, 0.1) is 18.5 Å². The Morgan fingerprint density at radius 3 is 2.47 bits per heavy atom. The quantitative estimate of drug-likeness (QED) is 0.769. The van der Waals surface area contributed by atoms with Gasteiger partial charge in [-0.2, -0.15) is 15.8 Å². The Labute approximate surface area is 116 Å². The van der Waals surface area contributed by atoms with E-state index in [1.807, 2.05) is 47.4 Å². The number of nitriles is 3. The van der Waals surface area contributed by atoms with E-state index in [2.05, 4.69) is 6.07 Å². The zero-order valence-electron chi connectivity index (χ0n) is 10.1. The SMILES string of the molecule is N#CCC1CSC(=C(C#N)C#N)N1c1ccccc1. The highest BCUT2D eigenvalue weighted by molar-refractivity contribution is 8.03. The molecule has 1 atom stereocenters. The van der Waals surface area contributed by atoms with Gasteiger partial charge in [0, 0.05) is 11.4 Å². The molecule has 0 spiro atoms. The molecule has 0 radical (unpaired) electrons. The van der Waals surface area contributed by atoms with E-state index < -0.39 is 0 Å². The Morgan fingerprint density at radius 1 is 1.21 bits per heavy atom. The lowest BCUT2D eigenvalue weighted by Gasteiger charge is -2.25. The van der Waals surface area contributed by atoms with E-state index in [1.165, 1.54) is 11.8 Å². The van der Waals surface area contributed by atoms with Crippen molar-refractivity contribution in [1.82, 2.24) is 0 Å². The molecule has 19 heavy (non-hydrogen) atoms. The number of rotatable bonds is 2. The fourth-order valence-corrected chi connectivity index (χ4v) is 3.22. The number of hydrogen-bond acceptors (Lipinski definition) is 5. The third kappa shape index (κ3) is 2.55. The van der Waals surface area contributed by atoms with Crippen molar-refractivity contribution in [2.24, 2.45) is 0 Å². The maximum absolute atomic E-state index is 9.03. The van der Waals surface area contributed by atoms with Gasteiger partial charge in [0.2, 0.25) is 0 Å². The summed E-state index contributed by atoms with van der Waals surface area (Å²) in [5.74, 6) is 0.713. The Bertz CT molecular complexity index is 600. The lowest BCUT2D eigenvalue weighted by molar-refractivity contribution is 0.748. The lowest BCUT2D eigenvalue weighted by Crippen LogP contribution is -2.29. The Balaban J connectivity index is 2.49. The second-order valence-corrected chi connectivity index (χ2v) is 4.95. The van der Waals surface area contributed by atoms with Crippen molar-refractivity contribution in [2.45, 2.75) is 12.5 Å². The Kier molecular flexibility index (Phi) is 4.08. The summed E-state index contributed by atoms with van der Waals surface area (Å²) >= 11 is 1.46. The lowest BCUT2D eigenvalue weighted by atomic mass is 10.1. The van der Waals surface area contributed by atoms with Gasteiger partial charge in [-0.1, -0.05) is 18.2 Å². The maximum atomic E-state index is 9.03. The third-order valence-electron chi connectivity index (χ3n) is 2.80. The molecule has 1 fully saturated rings. The highest BCUT2D eigenvalue weighted by Crippen LogP contribution is 2.39. The van der Waals surface area contributed by atoms with Crippen molar-refractivity contribution in [3.8, 4) is 18.2 Å². The van der Waals surface area contributed by atoms with Crippen LogP contribution in [0.3, 0.4) is 0 Å². The highest BCUT2D eigenvalue weighted by atomic mass is 32.2. The van der Waals surface area contributed by atoms with Crippen molar-refractivity contribution in [3.63, 3.8) is 0 Å². The average molecular weight is 266 g/mol. The summed E-state index contributed by atoms with van der Waals surface area (Å²) in [6, 6.07) is 15.6. The minimum Gasteiger partial charge on any atom is -0.330 e. The molecule has 4 nitrogen and oxygen atoms in total. The monoisotopic (exact) mass is 266 g/mol. The smallest absolute Gasteiger partial charge is 0.159 e. The number of hydrogen-bond donors (Lipinski definition) is 0. The van der Waals surface area contributed by atoms with Gasteiger partial charge in [0.25, 0.3) is 0 Å². The zero-order chi connectivity index (χ0) is 13.7. The van der Waals surface area contributed by atoms with Gasteiger partial charge >= 0.3 is 0 Å². The molecule has 1 unspecified atom stereocenters. The normalized spacial score (nSPS) is 17.4. The van der Waals surface area contributed by atoms with Crippen LogP contribution in [-0.2, 0) is 0 Å². The van der Waals surface area contributed by atoms with Crippen LogP contribution in [0.2, 0.25) is 0 Å². The molecule has 0 aliphatic carbocycles. The van der Waals surface area contributed by atoms with Crippen molar-refractivity contribution in [3.05, 3.63) is 40.9 Å². The topological polar surface area (TPSA) is 74.6 Å². The molecule has 1 saturated heterocycles. The molecular weight excluding hydrogens is 256 g/mol. The molecule has 0 amide bonds. The first-order valence-corrected chi connectivity index (χ1v) is 6.69. The molecule has 1 aliphatic rings. The first-order valence-electron chi connectivity index (χ1n) is 5.70. The summed E-state index contributed by atoms with van der Waals surface area (Å²) in [6.45, 7) is 0. The molecule has 5 heteroatoms. The Hall–Kier alpha value is -2.42. The second kappa shape index (κ2) is 5.96. The highest BCUT2D eigenvalue weighted by Gasteiger charge is 2.32. The fraction of sp³-hybridized carbons (Fsp3) is 0.214. The molecule has 0 aromatic heterocycles. The van der Waals surface area contributed by atoms with E-state index in [-0.39, 0.29) is 11.6 Å². The minimum absolute atomic E-state index is 0.00380. The van der Waals surface area contributed by atoms with E-state index >= 15 is 0 Å². The van der Waals surface area contributed by atoms with Crippen LogP contribution in [0.15, 0.2) is 40.9 Å². The van der Waals surface area contributed by atoms with Crippen LogP contribution < -0.4 is 4.90 Å². The fourth-order valence-electron chi connectivity index (χ4n) is 1.97. The van der Waals surface area contributed by atoms with Gasteiger partial charge in [-0.3, -0.25) is 0 Å². The summed E-state index contributed by atoms with van der Waals surface area (Å²) < 4.78 is 0. The predicted molar refractivity (Wildman–Crippen MR) is 73.6 cm³/mol. The first kappa shape index (κ1) is 13.0. The van der Waals surface area contributed by atoms with Crippen LogP contribution in [0.1, 0.15) is 6.42 Å². The first-order chi connectivity index (χ1) is 9.31. The minimum atomic E-state index is 0.00380. The van der Waals surface area contributed by atoms with E-state index in [0.717, 1.165) is 5.69 Å². The van der Waals surface area contributed by atoms with Crippen LogP contribution in [-0.4, -0.2) is 11.8 Å². The van der Waals surface area contributed by atoms with Crippen molar-refractivity contribution in [1.29, 1.82) is 15.8 Å². The van der Waals surface area contributed by atoms with Gasteiger partial charge in [-0.05, 0) is 12.1 Å².